The molecule has 1 aromatic heterocycles. The molecule has 0 N–H and O–H groups in total. The summed E-state index contributed by atoms with van der Waals surface area (Å²) in [5.41, 5.74) is 3.02. The first-order chi connectivity index (χ1) is 10.2. The zero-order valence-corrected chi connectivity index (χ0v) is 12.3. The van der Waals surface area contributed by atoms with E-state index in [2.05, 4.69) is 59.1 Å². The molecular weight excluding hydrogens is 260 g/mol. The van der Waals surface area contributed by atoms with Crippen LogP contribution < -0.4 is 9.80 Å². The van der Waals surface area contributed by atoms with E-state index in [0.29, 0.717) is 11.7 Å². The van der Waals surface area contributed by atoms with Gasteiger partial charge >= 0.3 is 0 Å². The summed E-state index contributed by atoms with van der Waals surface area (Å²) in [6.07, 6.45) is 0. The Morgan fingerprint density at radius 1 is 1.19 bits per heavy atom. The van der Waals surface area contributed by atoms with Crippen LogP contribution in [0.3, 0.4) is 0 Å². The molecule has 4 heteroatoms. The van der Waals surface area contributed by atoms with Crippen molar-refractivity contribution in [2.75, 3.05) is 23.4 Å². The first kappa shape index (κ1) is 13.4. The average Bonchev–Trinajstić information content (AvgIpc) is 2.64. The average molecular weight is 278 g/mol. The summed E-state index contributed by atoms with van der Waals surface area (Å²) < 4.78 is 0. The Hall–Kier alpha value is -2.54. The first-order valence-electron chi connectivity index (χ1n) is 7.12. The summed E-state index contributed by atoms with van der Waals surface area (Å²) in [5, 5.41) is 9.04. The lowest BCUT2D eigenvalue weighted by Gasteiger charge is -2.29. The van der Waals surface area contributed by atoms with E-state index in [1.54, 1.807) is 6.07 Å². The minimum atomic E-state index is 0.323. The van der Waals surface area contributed by atoms with E-state index in [1.807, 2.05) is 12.1 Å². The van der Waals surface area contributed by atoms with Crippen molar-refractivity contribution in [3.63, 3.8) is 0 Å². The maximum Gasteiger partial charge on any atom is 0.142 e. The molecule has 4 nitrogen and oxygen atoms in total. The van der Waals surface area contributed by atoms with E-state index in [4.69, 9.17) is 5.26 Å². The highest BCUT2D eigenvalue weighted by molar-refractivity contribution is 5.57. The van der Waals surface area contributed by atoms with Gasteiger partial charge in [-0.2, -0.15) is 5.26 Å². The zero-order chi connectivity index (χ0) is 14.8. The molecule has 21 heavy (non-hydrogen) atoms. The van der Waals surface area contributed by atoms with Crippen molar-refractivity contribution in [1.82, 2.24) is 4.98 Å². The molecule has 1 atom stereocenters. The Balaban J connectivity index is 2.01. The number of aromatic nitrogens is 1. The number of fused-ring (bicyclic) bond motifs is 1. The van der Waals surface area contributed by atoms with Crippen molar-refractivity contribution in [3.05, 3.63) is 53.7 Å². The summed E-state index contributed by atoms with van der Waals surface area (Å²) in [6.45, 7) is 3.93. The predicted molar refractivity (Wildman–Crippen MR) is 84.3 cm³/mol. The molecular formula is C17H18N4. The number of nitrogens with zero attached hydrogens (tertiary/aromatic N) is 4. The van der Waals surface area contributed by atoms with Gasteiger partial charge in [-0.25, -0.2) is 4.98 Å². The maximum atomic E-state index is 9.04. The molecule has 1 aliphatic rings. The molecule has 0 aliphatic carbocycles. The van der Waals surface area contributed by atoms with E-state index in [1.165, 1.54) is 11.3 Å². The third kappa shape index (κ3) is 2.55. The number of nitriles is 1. The second kappa shape index (κ2) is 5.45. The lowest BCUT2D eigenvalue weighted by molar-refractivity contribution is 0.636. The molecule has 0 spiro atoms. The van der Waals surface area contributed by atoms with Gasteiger partial charge in [0, 0.05) is 31.9 Å². The lowest BCUT2D eigenvalue weighted by Crippen LogP contribution is -2.38. The van der Waals surface area contributed by atoms with Gasteiger partial charge in [0.2, 0.25) is 0 Å². The largest absolute Gasteiger partial charge is 0.372 e. The fraction of sp³-hybridized carbons (Fsp3) is 0.294. The van der Waals surface area contributed by atoms with Crippen LogP contribution in [0.4, 0.5) is 11.5 Å². The monoisotopic (exact) mass is 278 g/mol. The zero-order valence-electron chi connectivity index (χ0n) is 12.3. The van der Waals surface area contributed by atoms with Crippen molar-refractivity contribution in [2.45, 2.75) is 19.5 Å². The Bertz CT molecular complexity index is 689. The van der Waals surface area contributed by atoms with E-state index in [-0.39, 0.29) is 0 Å². The van der Waals surface area contributed by atoms with Crippen molar-refractivity contribution < 1.29 is 0 Å². The van der Waals surface area contributed by atoms with Crippen LogP contribution in [0.15, 0.2) is 42.5 Å². The van der Waals surface area contributed by atoms with Crippen LogP contribution in [0, 0.1) is 11.3 Å². The van der Waals surface area contributed by atoms with Gasteiger partial charge in [0.05, 0.1) is 0 Å². The number of hydrogen-bond donors (Lipinski definition) is 0. The molecule has 0 saturated carbocycles. The van der Waals surface area contributed by atoms with Gasteiger partial charge in [-0.3, -0.25) is 0 Å². The molecule has 0 radical (unpaired) electrons. The fourth-order valence-electron chi connectivity index (χ4n) is 2.90. The highest BCUT2D eigenvalue weighted by Crippen LogP contribution is 2.28. The summed E-state index contributed by atoms with van der Waals surface area (Å²) >= 11 is 0. The van der Waals surface area contributed by atoms with Gasteiger partial charge in [-0.1, -0.05) is 24.3 Å². The fourth-order valence-corrected chi connectivity index (χ4v) is 2.90. The SMILES string of the molecule is CC1CN(C)c2ccccc2CN1c1cccc(C#N)n1. The van der Waals surface area contributed by atoms with E-state index >= 15 is 0 Å². The van der Waals surface area contributed by atoms with Crippen LogP contribution in [0.2, 0.25) is 0 Å². The Morgan fingerprint density at radius 3 is 2.81 bits per heavy atom. The molecule has 0 saturated heterocycles. The molecule has 1 unspecified atom stereocenters. The van der Waals surface area contributed by atoms with Gasteiger partial charge < -0.3 is 9.80 Å². The van der Waals surface area contributed by atoms with Crippen molar-refractivity contribution in [2.24, 2.45) is 0 Å². The van der Waals surface area contributed by atoms with Crippen LogP contribution in [0.25, 0.3) is 0 Å². The second-order valence-electron chi connectivity index (χ2n) is 5.48. The van der Waals surface area contributed by atoms with Crippen LogP contribution in [-0.2, 0) is 6.54 Å². The molecule has 1 aromatic carbocycles. The topological polar surface area (TPSA) is 43.2 Å². The second-order valence-corrected chi connectivity index (χ2v) is 5.48. The van der Waals surface area contributed by atoms with E-state index in [9.17, 15) is 0 Å². The standard InChI is InChI=1S/C17H18N4/c1-13-11-20(2)16-8-4-3-6-14(16)12-21(13)17-9-5-7-15(10-18)19-17/h3-9,13H,11-12H2,1-2H3. The number of hydrogen-bond acceptors (Lipinski definition) is 4. The number of benzene rings is 1. The third-order valence-electron chi connectivity index (χ3n) is 3.96. The van der Waals surface area contributed by atoms with Crippen LogP contribution in [0.1, 0.15) is 18.2 Å². The van der Waals surface area contributed by atoms with E-state index in [0.717, 1.165) is 18.9 Å². The first-order valence-corrected chi connectivity index (χ1v) is 7.12. The minimum Gasteiger partial charge on any atom is -0.372 e. The van der Waals surface area contributed by atoms with Crippen molar-refractivity contribution in [3.8, 4) is 6.07 Å². The predicted octanol–water partition coefficient (Wildman–Crippen LogP) is 2.80. The number of para-hydroxylation sites is 1. The van der Waals surface area contributed by atoms with Crippen LogP contribution in [-0.4, -0.2) is 24.6 Å². The highest BCUT2D eigenvalue weighted by Gasteiger charge is 2.24. The molecule has 1 aliphatic heterocycles. The third-order valence-corrected chi connectivity index (χ3v) is 3.96. The quantitative estimate of drug-likeness (QED) is 0.804. The van der Waals surface area contributed by atoms with Crippen molar-refractivity contribution >= 4 is 11.5 Å². The van der Waals surface area contributed by atoms with Gasteiger partial charge in [0.25, 0.3) is 0 Å². The van der Waals surface area contributed by atoms with Crippen molar-refractivity contribution in [1.29, 1.82) is 5.26 Å². The number of likely N-dealkylation sites (N-methyl/N-ethyl adjacent to an activating group) is 1. The van der Waals surface area contributed by atoms with Crippen LogP contribution >= 0.6 is 0 Å². The Labute approximate surface area is 125 Å². The Kier molecular flexibility index (Phi) is 3.49. The molecule has 0 amide bonds. The van der Waals surface area contributed by atoms with E-state index < -0.39 is 0 Å². The number of anilines is 2. The summed E-state index contributed by atoms with van der Waals surface area (Å²) in [5.74, 6) is 0.867. The smallest absolute Gasteiger partial charge is 0.142 e. The lowest BCUT2D eigenvalue weighted by atomic mass is 10.1. The number of pyridine rings is 1. The van der Waals surface area contributed by atoms with Gasteiger partial charge in [0.15, 0.2) is 0 Å². The summed E-state index contributed by atoms with van der Waals surface area (Å²) in [6, 6.07) is 16.5. The normalized spacial score (nSPS) is 17.9. The highest BCUT2D eigenvalue weighted by atomic mass is 15.3. The molecule has 0 fully saturated rings. The maximum absolute atomic E-state index is 9.04. The van der Waals surface area contributed by atoms with Gasteiger partial charge in [0.1, 0.15) is 17.6 Å². The Morgan fingerprint density at radius 2 is 2.00 bits per heavy atom. The number of rotatable bonds is 1. The molecule has 2 heterocycles. The van der Waals surface area contributed by atoms with Gasteiger partial charge in [-0.05, 0) is 30.7 Å². The molecule has 2 aromatic rings. The summed E-state index contributed by atoms with van der Waals surface area (Å²) in [7, 11) is 2.12. The molecule has 0 bridgehead atoms. The minimum absolute atomic E-state index is 0.323. The van der Waals surface area contributed by atoms with Gasteiger partial charge in [-0.15, -0.1) is 0 Å². The summed E-state index contributed by atoms with van der Waals surface area (Å²) in [4.78, 5) is 9.00. The molecule has 106 valence electrons. The van der Waals surface area contributed by atoms with Crippen LogP contribution in [0.5, 0.6) is 0 Å². The molecule has 3 rings (SSSR count).